The van der Waals surface area contributed by atoms with Gasteiger partial charge in [0.2, 0.25) is 5.91 Å². The van der Waals surface area contributed by atoms with Crippen LogP contribution in [0.5, 0.6) is 0 Å². The maximum Gasteiger partial charge on any atom is 0.354 e. The average molecular weight is 200 g/mol. The zero-order valence-electron chi connectivity index (χ0n) is 6.58. The molecule has 0 saturated carbocycles. The first-order valence-electron chi connectivity index (χ1n) is 3.78. The van der Waals surface area contributed by atoms with Crippen LogP contribution in [0.3, 0.4) is 0 Å². The first-order chi connectivity index (χ1) is 6.11. The van der Waals surface area contributed by atoms with Gasteiger partial charge in [0.25, 0.3) is 0 Å². The molecule has 1 N–H and O–H groups in total. The predicted molar refractivity (Wildman–Crippen MR) is 45.3 cm³/mol. The van der Waals surface area contributed by atoms with Gasteiger partial charge in [-0.25, -0.2) is 4.79 Å². The van der Waals surface area contributed by atoms with Gasteiger partial charge in [-0.15, -0.1) is 0 Å². The Hall–Kier alpha value is -1.29. The van der Waals surface area contributed by atoms with Crippen molar-refractivity contribution in [1.29, 1.82) is 0 Å². The number of carboxylic acids is 1. The van der Waals surface area contributed by atoms with Crippen LogP contribution >= 0.6 is 11.6 Å². The Morgan fingerprint density at radius 3 is 2.85 bits per heavy atom. The average Bonchev–Trinajstić information content (AvgIpc) is 2.51. The number of aryl methyl sites for hydroxylation is 1. The number of aromatic carboxylic acids is 1. The van der Waals surface area contributed by atoms with Crippen molar-refractivity contribution in [1.82, 2.24) is 4.57 Å². The minimum Gasteiger partial charge on any atom is -0.477 e. The van der Waals surface area contributed by atoms with Gasteiger partial charge in [-0.2, -0.15) is 0 Å². The second-order valence-electron chi connectivity index (χ2n) is 2.87. The summed E-state index contributed by atoms with van der Waals surface area (Å²) in [6, 6.07) is 1.54. The summed E-state index contributed by atoms with van der Waals surface area (Å²) in [6.45, 7) is 0. The molecule has 0 atom stereocenters. The minimum atomic E-state index is -1.16. The Balaban J connectivity index is 2.68. The van der Waals surface area contributed by atoms with Crippen molar-refractivity contribution in [2.24, 2.45) is 0 Å². The molecule has 13 heavy (non-hydrogen) atoms. The number of aromatic nitrogens is 1. The van der Waals surface area contributed by atoms with E-state index in [0.717, 1.165) is 0 Å². The molecule has 5 heteroatoms. The molecule has 0 bridgehead atoms. The third-order valence-electron chi connectivity index (χ3n) is 2.08. The van der Waals surface area contributed by atoms with Gasteiger partial charge in [-0.1, -0.05) is 11.6 Å². The molecule has 2 rings (SSSR count). The summed E-state index contributed by atoms with van der Waals surface area (Å²) in [5.41, 5.74) is 0.576. The summed E-state index contributed by atoms with van der Waals surface area (Å²) in [5, 5.41) is 8.91. The van der Waals surface area contributed by atoms with Crippen LogP contribution < -0.4 is 0 Å². The van der Waals surface area contributed by atoms with Gasteiger partial charge in [0.15, 0.2) is 5.69 Å². The van der Waals surface area contributed by atoms with E-state index in [0.29, 0.717) is 18.5 Å². The van der Waals surface area contributed by atoms with Crippen molar-refractivity contribution >= 4 is 23.5 Å². The Morgan fingerprint density at radius 2 is 2.23 bits per heavy atom. The highest BCUT2D eigenvalue weighted by atomic mass is 35.5. The van der Waals surface area contributed by atoms with Crippen LogP contribution in [-0.4, -0.2) is 21.6 Å². The molecule has 1 aliphatic rings. The highest BCUT2D eigenvalue weighted by molar-refractivity contribution is 6.33. The smallest absolute Gasteiger partial charge is 0.354 e. The molecule has 0 radical (unpaired) electrons. The number of hydrogen-bond acceptors (Lipinski definition) is 2. The molecule has 1 aliphatic heterocycles. The van der Waals surface area contributed by atoms with E-state index < -0.39 is 5.97 Å². The molecule has 0 spiro atoms. The largest absolute Gasteiger partial charge is 0.477 e. The highest BCUT2D eigenvalue weighted by Gasteiger charge is 2.28. The molecule has 1 aromatic rings. The fourth-order valence-corrected chi connectivity index (χ4v) is 1.83. The molecule has 0 unspecified atom stereocenters. The third kappa shape index (κ3) is 1.06. The predicted octanol–water partition coefficient (Wildman–Crippen LogP) is 1.43. The second kappa shape index (κ2) is 2.60. The first kappa shape index (κ1) is 8.31. The standard InChI is InChI=1S/C8H6ClNO3/c9-5-3-4-1-2-6(11)10(4)7(5)8(12)13/h3H,1-2H2,(H,12,13). The number of fused-ring (bicyclic) bond motifs is 1. The summed E-state index contributed by atoms with van der Waals surface area (Å²) >= 11 is 5.67. The lowest BCUT2D eigenvalue weighted by atomic mass is 10.3. The van der Waals surface area contributed by atoms with E-state index in [2.05, 4.69) is 0 Å². The number of carbonyl (C=O) groups excluding carboxylic acids is 1. The van der Waals surface area contributed by atoms with E-state index in [9.17, 15) is 9.59 Å². The zero-order valence-corrected chi connectivity index (χ0v) is 7.34. The van der Waals surface area contributed by atoms with Crippen LogP contribution in [0.4, 0.5) is 0 Å². The molecular formula is C8H6ClNO3. The minimum absolute atomic E-state index is 0.112. The summed E-state index contributed by atoms with van der Waals surface area (Å²) < 4.78 is 1.19. The molecular weight excluding hydrogens is 194 g/mol. The van der Waals surface area contributed by atoms with Crippen molar-refractivity contribution in [3.63, 3.8) is 0 Å². The van der Waals surface area contributed by atoms with Crippen molar-refractivity contribution in [3.05, 3.63) is 22.5 Å². The second-order valence-corrected chi connectivity index (χ2v) is 3.27. The molecule has 2 heterocycles. The fourth-order valence-electron chi connectivity index (χ4n) is 1.54. The van der Waals surface area contributed by atoms with E-state index in [4.69, 9.17) is 16.7 Å². The van der Waals surface area contributed by atoms with Gasteiger partial charge < -0.3 is 5.11 Å². The van der Waals surface area contributed by atoms with Crippen LogP contribution in [0.2, 0.25) is 5.02 Å². The number of hydrogen-bond donors (Lipinski definition) is 1. The molecule has 0 fully saturated rings. The summed E-state index contributed by atoms with van der Waals surface area (Å²) in [7, 11) is 0. The van der Waals surface area contributed by atoms with Crippen LogP contribution in [-0.2, 0) is 6.42 Å². The zero-order chi connectivity index (χ0) is 9.59. The number of carboxylic acid groups (broad SMARTS) is 1. The maximum absolute atomic E-state index is 11.2. The summed E-state index contributed by atoms with van der Waals surface area (Å²) in [6.07, 6.45) is 0.943. The first-order valence-corrected chi connectivity index (χ1v) is 4.15. The summed E-state index contributed by atoms with van der Waals surface area (Å²) in [5.74, 6) is -1.36. The van der Waals surface area contributed by atoms with E-state index in [1.165, 1.54) is 10.6 Å². The van der Waals surface area contributed by atoms with Gasteiger partial charge in [0.1, 0.15) is 0 Å². The highest BCUT2D eigenvalue weighted by Crippen LogP contribution is 2.26. The Bertz CT molecular complexity index is 408. The van der Waals surface area contributed by atoms with Crippen molar-refractivity contribution in [2.45, 2.75) is 12.8 Å². The topological polar surface area (TPSA) is 59.3 Å². The Morgan fingerprint density at radius 1 is 1.54 bits per heavy atom. The molecule has 68 valence electrons. The lowest BCUT2D eigenvalue weighted by Gasteiger charge is -1.99. The molecule has 0 aromatic carbocycles. The van der Waals surface area contributed by atoms with E-state index in [-0.39, 0.29) is 16.6 Å². The Kier molecular flexibility index (Phi) is 1.66. The lowest BCUT2D eigenvalue weighted by molar-refractivity contribution is 0.0675. The van der Waals surface area contributed by atoms with Crippen LogP contribution in [0.25, 0.3) is 0 Å². The quantitative estimate of drug-likeness (QED) is 0.744. The maximum atomic E-state index is 11.2. The van der Waals surface area contributed by atoms with Crippen LogP contribution in [0.15, 0.2) is 6.07 Å². The normalized spacial score (nSPS) is 14.7. The summed E-state index contributed by atoms with van der Waals surface area (Å²) in [4.78, 5) is 22.0. The van der Waals surface area contributed by atoms with Gasteiger partial charge in [0.05, 0.1) is 5.02 Å². The van der Waals surface area contributed by atoms with E-state index in [1.807, 2.05) is 0 Å². The molecule has 1 aromatic heterocycles. The SMILES string of the molecule is O=C(O)c1c(Cl)cc2n1C(=O)CC2. The fraction of sp³-hybridized carbons (Fsp3) is 0.250. The molecule has 0 amide bonds. The van der Waals surface area contributed by atoms with E-state index >= 15 is 0 Å². The molecule has 0 saturated heterocycles. The van der Waals surface area contributed by atoms with Crippen molar-refractivity contribution in [3.8, 4) is 0 Å². The number of nitrogens with zero attached hydrogens (tertiary/aromatic N) is 1. The van der Waals surface area contributed by atoms with E-state index in [1.54, 1.807) is 0 Å². The molecule has 0 aliphatic carbocycles. The van der Waals surface area contributed by atoms with Gasteiger partial charge in [0, 0.05) is 12.1 Å². The monoisotopic (exact) mass is 199 g/mol. The Labute approximate surface area is 78.7 Å². The number of carbonyl (C=O) groups is 2. The lowest BCUT2D eigenvalue weighted by Crippen LogP contribution is -2.13. The van der Waals surface area contributed by atoms with Crippen LogP contribution in [0, 0.1) is 0 Å². The van der Waals surface area contributed by atoms with Gasteiger partial charge in [-0.3, -0.25) is 9.36 Å². The van der Waals surface area contributed by atoms with Gasteiger partial charge >= 0.3 is 5.97 Å². The van der Waals surface area contributed by atoms with Crippen LogP contribution in [0.1, 0.15) is 27.4 Å². The van der Waals surface area contributed by atoms with Gasteiger partial charge in [-0.05, 0) is 12.5 Å². The number of rotatable bonds is 1. The third-order valence-corrected chi connectivity index (χ3v) is 2.37. The van der Waals surface area contributed by atoms with Crippen molar-refractivity contribution in [2.75, 3.05) is 0 Å². The van der Waals surface area contributed by atoms with Crippen molar-refractivity contribution < 1.29 is 14.7 Å². The molecule has 4 nitrogen and oxygen atoms in total. The number of halogens is 1.